The van der Waals surface area contributed by atoms with Gasteiger partial charge >= 0.3 is 0 Å². The second-order valence-electron chi connectivity index (χ2n) is 6.02. The van der Waals surface area contributed by atoms with Gasteiger partial charge in [-0.25, -0.2) is 4.99 Å². The molecule has 0 saturated carbocycles. The average Bonchev–Trinajstić information content (AvgIpc) is 3.08. The van der Waals surface area contributed by atoms with Crippen molar-refractivity contribution in [2.24, 2.45) is 4.99 Å². The number of carbonyl (C=O) groups is 2. The molecule has 1 aromatic heterocycles. The molecule has 0 aromatic carbocycles. The molecule has 0 bridgehead atoms. The molecule has 1 fully saturated rings. The number of piperidine rings is 1. The van der Waals surface area contributed by atoms with Crippen molar-refractivity contribution in [1.29, 1.82) is 0 Å². The highest BCUT2D eigenvalue weighted by atomic mass is 32.1. The summed E-state index contributed by atoms with van der Waals surface area (Å²) in [6.45, 7) is 2.70. The van der Waals surface area contributed by atoms with Crippen LogP contribution in [0.5, 0.6) is 0 Å². The lowest BCUT2D eigenvalue weighted by Gasteiger charge is -2.27. The quantitative estimate of drug-likeness (QED) is 0.539. The van der Waals surface area contributed by atoms with E-state index in [0.29, 0.717) is 18.9 Å². The number of rotatable bonds is 5. The van der Waals surface area contributed by atoms with Crippen molar-refractivity contribution in [3.8, 4) is 0 Å². The van der Waals surface area contributed by atoms with Crippen molar-refractivity contribution in [3.63, 3.8) is 0 Å². The van der Waals surface area contributed by atoms with Crippen LogP contribution in [0.3, 0.4) is 0 Å². The predicted octanol–water partition coefficient (Wildman–Crippen LogP) is 0.711. The molecule has 2 unspecified atom stereocenters. The van der Waals surface area contributed by atoms with Crippen LogP contribution in [0.25, 0.3) is 0 Å². The molecule has 3 N–H and O–H groups in total. The lowest BCUT2D eigenvalue weighted by atomic mass is 10.1. The maximum Gasteiger partial charge on any atom is 0.243 e. The van der Waals surface area contributed by atoms with Gasteiger partial charge in [-0.15, -0.1) is 11.3 Å². The summed E-state index contributed by atoms with van der Waals surface area (Å²) in [5.74, 6) is 0.610. The van der Waals surface area contributed by atoms with Crippen molar-refractivity contribution < 1.29 is 9.59 Å². The number of nitrogens with one attached hydrogen (secondary N) is 3. The Kier molecular flexibility index (Phi) is 6.60. The van der Waals surface area contributed by atoms with Gasteiger partial charge in [0.05, 0.1) is 6.04 Å². The molecule has 1 aromatic rings. The Morgan fingerprint density at radius 1 is 1.54 bits per heavy atom. The number of hydrogen-bond donors (Lipinski definition) is 3. The van der Waals surface area contributed by atoms with E-state index in [1.54, 1.807) is 25.4 Å². The molecule has 0 aliphatic carbocycles. The lowest BCUT2D eigenvalue weighted by molar-refractivity contribution is -0.127. The number of nitrogens with zero attached hydrogens (tertiary/aromatic N) is 2. The number of carbonyl (C=O) groups excluding carboxylic acids is 2. The molecule has 2 rings (SSSR count). The van der Waals surface area contributed by atoms with Gasteiger partial charge in [-0.05, 0) is 24.8 Å². The number of hydrogen-bond acceptors (Lipinski definition) is 4. The van der Waals surface area contributed by atoms with Gasteiger partial charge in [0.2, 0.25) is 11.8 Å². The first-order valence-corrected chi connectivity index (χ1v) is 8.91. The summed E-state index contributed by atoms with van der Waals surface area (Å²) in [6, 6.07) is 4.27. The molecule has 1 aliphatic heterocycles. The van der Waals surface area contributed by atoms with Crippen molar-refractivity contribution in [3.05, 3.63) is 22.4 Å². The minimum Gasteiger partial charge on any atom is -0.354 e. The Labute approximate surface area is 146 Å². The van der Waals surface area contributed by atoms with E-state index in [-0.39, 0.29) is 30.4 Å². The van der Waals surface area contributed by atoms with Crippen LogP contribution in [0, 0.1) is 0 Å². The Morgan fingerprint density at radius 3 is 2.92 bits per heavy atom. The van der Waals surface area contributed by atoms with E-state index in [2.05, 4.69) is 33.9 Å². The maximum absolute atomic E-state index is 11.8. The zero-order chi connectivity index (χ0) is 17.5. The third kappa shape index (κ3) is 5.52. The fourth-order valence-corrected chi connectivity index (χ4v) is 3.02. The lowest BCUT2D eigenvalue weighted by Crippen LogP contribution is -2.51. The molecule has 7 nitrogen and oxygen atoms in total. The zero-order valence-corrected chi connectivity index (χ0v) is 15.2. The van der Waals surface area contributed by atoms with Crippen LogP contribution in [-0.4, -0.2) is 55.9 Å². The minimum absolute atomic E-state index is 0.0585. The highest BCUT2D eigenvalue weighted by Gasteiger charge is 2.20. The Bertz CT molecular complexity index is 575. The van der Waals surface area contributed by atoms with E-state index in [4.69, 9.17) is 0 Å². The minimum atomic E-state index is -0.0585. The van der Waals surface area contributed by atoms with Gasteiger partial charge in [0.15, 0.2) is 5.96 Å². The molecule has 2 amide bonds. The second kappa shape index (κ2) is 8.68. The molecule has 2 atom stereocenters. The Morgan fingerprint density at radius 2 is 2.33 bits per heavy atom. The molecular formula is C16H25N5O2S. The largest absolute Gasteiger partial charge is 0.354 e. The highest BCUT2D eigenvalue weighted by molar-refractivity contribution is 7.10. The topological polar surface area (TPSA) is 85.8 Å². The van der Waals surface area contributed by atoms with E-state index < -0.39 is 0 Å². The van der Waals surface area contributed by atoms with E-state index in [0.717, 1.165) is 6.42 Å². The third-order valence-corrected chi connectivity index (χ3v) is 4.86. The summed E-state index contributed by atoms with van der Waals surface area (Å²) in [5.41, 5.74) is 0. The van der Waals surface area contributed by atoms with Crippen LogP contribution < -0.4 is 16.0 Å². The van der Waals surface area contributed by atoms with Crippen molar-refractivity contribution in [1.82, 2.24) is 20.9 Å². The first kappa shape index (κ1) is 18.3. The Hall–Kier alpha value is -2.09. The smallest absolute Gasteiger partial charge is 0.243 e. The van der Waals surface area contributed by atoms with Crippen LogP contribution in [0.2, 0.25) is 0 Å². The molecule has 1 aliphatic rings. The molecule has 0 radical (unpaired) electrons. The summed E-state index contributed by atoms with van der Waals surface area (Å²) in [7, 11) is 3.42. The van der Waals surface area contributed by atoms with Crippen LogP contribution in [-0.2, 0) is 9.59 Å². The van der Waals surface area contributed by atoms with Crippen LogP contribution in [0.1, 0.15) is 30.7 Å². The monoisotopic (exact) mass is 351 g/mol. The molecule has 132 valence electrons. The van der Waals surface area contributed by atoms with E-state index in [1.165, 1.54) is 9.78 Å². The summed E-state index contributed by atoms with van der Waals surface area (Å²) < 4.78 is 0. The Balaban J connectivity index is 2.01. The summed E-state index contributed by atoms with van der Waals surface area (Å²) in [5, 5.41) is 11.5. The number of aliphatic imine (C=N–C) groups is 1. The summed E-state index contributed by atoms with van der Waals surface area (Å²) in [4.78, 5) is 30.2. The summed E-state index contributed by atoms with van der Waals surface area (Å²) >= 11 is 1.67. The van der Waals surface area contributed by atoms with Gasteiger partial charge in [0.1, 0.15) is 6.54 Å². The van der Waals surface area contributed by atoms with Crippen LogP contribution in [0.4, 0.5) is 0 Å². The van der Waals surface area contributed by atoms with Gasteiger partial charge in [-0.3, -0.25) is 9.59 Å². The first-order chi connectivity index (χ1) is 11.5. The third-order valence-electron chi connectivity index (χ3n) is 3.80. The number of likely N-dealkylation sites (N-methyl/N-ethyl adjacent to an activating group) is 1. The molecule has 24 heavy (non-hydrogen) atoms. The molecule has 2 heterocycles. The zero-order valence-electron chi connectivity index (χ0n) is 14.3. The van der Waals surface area contributed by atoms with Gasteiger partial charge < -0.3 is 20.9 Å². The highest BCUT2D eigenvalue weighted by Crippen LogP contribution is 2.18. The first-order valence-electron chi connectivity index (χ1n) is 8.03. The second-order valence-corrected chi connectivity index (χ2v) is 7.00. The van der Waals surface area contributed by atoms with Crippen molar-refractivity contribution >= 4 is 29.1 Å². The van der Waals surface area contributed by atoms with E-state index in [9.17, 15) is 9.59 Å². The van der Waals surface area contributed by atoms with Gasteiger partial charge in [-0.2, -0.15) is 0 Å². The molecular weight excluding hydrogens is 326 g/mol. The fourth-order valence-electron chi connectivity index (χ4n) is 2.28. The number of guanidine groups is 1. The van der Waals surface area contributed by atoms with Gasteiger partial charge in [0, 0.05) is 38.0 Å². The fraction of sp³-hybridized carbons (Fsp3) is 0.562. The maximum atomic E-state index is 11.8. The van der Waals surface area contributed by atoms with Gasteiger partial charge in [0.25, 0.3) is 0 Å². The number of thiophene rings is 1. The molecule has 8 heteroatoms. The van der Waals surface area contributed by atoms with E-state index in [1.807, 2.05) is 11.4 Å². The number of amides is 2. The van der Waals surface area contributed by atoms with Crippen LogP contribution >= 0.6 is 11.3 Å². The van der Waals surface area contributed by atoms with Gasteiger partial charge in [-0.1, -0.05) is 6.07 Å². The summed E-state index contributed by atoms with van der Waals surface area (Å²) in [6.07, 6.45) is 1.25. The average molecular weight is 351 g/mol. The molecule has 0 spiro atoms. The van der Waals surface area contributed by atoms with Crippen molar-refractivity contribution in [2.75, 3.05) is 27.2 Å². The SMILES string of the molecule is CC(NC(=NCC(=O)N(C)C)NC1CCC(=O)NC1)c1cccs1. The van der Waals surface area contributed by atoms with E-state index >= 15 is 0 Å². The normalized spacial score (nSPS) is 19.4. The van der Waals surface area contributed by atoms with Crippen molar-refractivity contribution in [2.45, 2.75) is 31.8 Å². The van der Waals surface area contributed by atoms with Crippen LogP contribution in [0.15, 0.2) is 22.5 Å². The predicted molar refractivity (Wildman–Crippen MR) is 96.0 cm³/mol. The standard InChI is InChI=1S/C16H25N5O2S/c1-11(13-5-4-8-24-13)19-16(18-10-15(23)21(2)3)20-12-6-7-14(22)17-9-12/h4-5,8,11-12H,6-7,9-10H2,1-3H3,(H,17,22)(H2,18,19,20). The molecule has 1 saturated heterocycles.